The second-order valence-electron chi connectivity index (χ2n) is 6.21. The molecule has 2 aromatic carbocycles. The Labute approximate surface area is 145 Å². The van der Waals surface area contributed by atoms with Gasteiger partial charge in [-0.2, -0.15) is 0 Å². The minimum Gasteiger partial charge on any atom is -0.481 e. The number of rotatable bonds is 7. The SMILES string of the molecule is CC[C@@H](Oc1ccc(C)cc1)C(=O)N[C@H](CC)c1ccc(C)cc1. The number of aryl methyl sites for hydroxylation is 2. The molecule has 2 atom stereocenters. The van der Waals surface area contributed by atoms with Crippen molar-refractivity contribution in [3.05, 3.63) is 65.2 Å². The molecule has 2 aromatic rings. The van der Waals surface area contributed by atoms with E-state index >= 15 is 0 Å². The summed E-state index contributed by atoms with van der Waals surface area (Å²) in [6.07, 6.45) is 0.993. The molecule has 0 spiro atoms. The highest BCUT2D eigenvalue weighted by Crippen LogP contribution is 2.19. The van der Waals surface area contributed by atoms with E-state index in [1.54, 1.807) is 0 Å². The summed E-state index contributed by atoms with van der Waals surface area (Å²) < 4.78 is 5.87. The Morgan fingerprint density at radius 1 is 0.917 bits per heavy atom. The maximum atomic E-state index is 12.6. The lowest BCUT2D eigenvalue weighted by molar-refractivity contribution is -0.128. The van der Waals surface area contributed by atoms with Crippen molar-refractivity contribution in [2.24, 2.45) is 0 Å². The predicted molar refractivity (Wildman–Crippen MR) is 98.2 cm³/mol. The van der Waals surface area contributed by atoms with E-state index in [-0.39, 0.29) is 11.9 Å². The van der Waals surface area contributed by atoms with Crippen molar-refractivity contribution in [1.82, 2.24) is 5.32 Å². The standard InChI is InChI=1S/C21H27NO2/c1-5-19(17-11-7-15(3)8-12-17)22-21(23)20(6-2)24-18-13-9-16(4)10-14-18/h7-14,19-20H,5-6H2,1-4H3,(H,22,23)/t19-,20-/m1/s1. The van der Waals surface area contributed by atoms with Crippen molar-refractivity contribution < 1.29 is 9.53 Å². The fraction of sp³-hybridized carbons (Fsp3) is 0.381. The van der Waals surface area contributed by atoms with E-state index in [2.05, 4.69) is 43.4 Å². The maximum absolute atomic E-state index is 12.6. The Morgan fingerprint density at radius 3 is 1.96 bits per heavy atom. The second-order valence-corrected chi connectivity index (χ2v) is 6.21. The first-order valence-corrected chi connectivity index (χ1v) is 8.63. The molecule has 1 N–H and O–H groups in total. The largest absolute Gasteiger partial charge is 0.481 e. The minimum absolute atomic E-state index is 0.00812. The summed E-state index contributed by atoms with van der Waals surface area (Å²) in [5, 5.41) is 3.12. The van der Waals surface area contributed by atoms with Gasteiger partial charge in [0.25, 0.3) is 5.91 Å². The molecule has 0 heterocycles. The minimum atomic E-state index is -0.479. The van der Waals surface area contributed by atoms with Gasteiger partial charge in [0.05, 0.1) is 6.04 Å². The van der Waals surface area contributed by atoms with Crippen molar-refractivity contribution in [1.29, 1.82) is 0 Å². The molecule has 0 aliphatic rings. The van der Waals surface area contributed by atoms with Crippen molar-refractivity contribution in [2.75, 3.05) is 0 Å². The smallest absolute Gasteiger partial charge is 0.261 e. The molecule has 1 amide bonds. The third-order valence-corrected chi connectivity index (χ3v) is 4.17. The van der Waals surface area contributed by atoms with Crippen LogP contribution < -0.4 is 10.1 Å². The van der Waals surface area contributed by atoms with Gasteiger partial charge < -0.3 is 10.1 Å². The van der Waals surface area contributed by atoms with Crippen molar-refractivity contribution in [3.8, 4) is 5.75 Å². The fourth-order valence-corrected chi connectivity index (χ4v) is 2.59. The first-order chi connectivity index (χ1) is 11.5. The van der Waals surface area contributed by atoms with E-state index in [4.69, 9.17) is 4.74 Å². The molecule has 0 unspecified atom stereocenters. The van der Waals surface area contributed by atoms with Crippen LogP contribution in [0, 0.1) is 13.8 Å². The third kappa shape index (κ3) is 4.85. The topological polar surface area (TPSA) is 38.3 Å². The Bertz CT molecular complexity index is 647. The molecule has 0 fully saturated rings. The molecule has 0 bridgehead atoms. The van der Waals surface area contributed by atoms with Crippen LogP contribution in [0.1, 0.15) is 49.4 Å². The van der Waals surface area contributed by atoms with E-state index in [0.29, 0.717) is 6.42 Å². The van der Waals surface area contributed by atoms with Gasteiger partial charge >= 0.3 is 0 Å². The monoisotopic (exact) mass is 325 g/mol. The number of nitrogens with one attached hydrogen (secondary N) is 1. The van der Waals surface area contributed by atoms with Gasteiger partial charge in [0.15, 0.2) is 6.10 Å². The number of benzene rings is 2. The molecule has 2 rings (SSSR count). The van der Waals surface area contributed by atoms with Crippen LogP contribution in [0.15, 0.2) is 48.5 Å². The molecule has 3 heteroatoms. The summed E-state index contributed by atoms with van der Waals surface area (Å²) in [5.41, 5.74) is 3.51. The molecule has 0 saturated heterocycles. The van der Waals surface area contributed by atoms with Gasteiger partial charge in [-0.25, -0.2) is 0 Å². The molecule has 3 nitrogen and oxygen atoms in total. The van der Waals surface area contributed by atoms with Gasteiger partial charge in [0, 0.05) is 0 Å². The molecule has 0 saturated carbocycles. The predicted octanol–water partition coefficient (Wildman–Crippen LogP) is 4.73. The molecule has 0 aliphatic carbocycles. The highest BCUT2D eigenvalue weighted by atomic mass is 16.5. The second kappa shape index (κ2) is 8.53. The summed E-state index contributed by atoms with van der Waals surface area (Å²) in [6.45, 7) is 8.13. The van der Waals surface area contributed by atoms with Gasteiger partial charge in [-0.05, 0) is 44.4 Å². The van der Waals surface area contributed by atoms with Crippen LogP contribution in [-0.2, 0) is 4.79 Å². The lowest BCUT2D eigenvalue weighted by Crippen LogP contribution is -2.39. The van der Waals surface area contributed by atoms with E-state index in [1.807, 2.05) is 38.1 Å². The zero-order valence-electron chi connectivity index (χ0n) is 15.0. The lowest BCUT2D eigenvalue weighted by Gasteiger charge is -2.22. The van der Waals surface area contributed by atoms with Crippen LogP contribution in [0.4, 0.5) is 0 Å². The molecular formula is C21H27NO2. The fourth-order valence-electron chi connectivity index (χ4n) is 2.59. The number of amides is 1. The van der Waals surface area contributed by atoms with Gasteiger partial charge in [0.1, 0.15) is 5.75 Å². The average molecular weight is 325 g/mol. The summed E-state index contributed by atoms with van der Waals surface area (Å²) in [4.78, 5) is 12.6. The van der Waals surface area contributed by atoms with E-state index < -0.39 is 6.10 Å². The van der Waals surface area contributed by atoms with Gasteiger partial charge in [0.2, 0.25) is 0 Å². The molecule has 0 aliphatic heterocycles. The quantitative estimate of drug-likeness (QED) is 0.799. The molecular weight excluding hydrogens is 298 g/mol. The Morgan fingerprint density at radius 2 is 1.46 bits per heavy atom. The van der Waals surface area contributed by atoms with Crippen LogP contribution in [-0.4, -0.2) is 12.0 Å². The summed E-state index contributed by atoms with van der Waals surface area (Å²) >= 11 is 0. The first-order valence-electron chi connectivity index (χ1n) is 8.63. The number of hydrogen-bond acceptors (Lipinski definition) is 2. The number of carbonyl (C=O) groups excluding carboxylic acids is 1. The zero-order chi connectivity index (χ0) is 17.5. The van der Waals surface area contributed by atoms with Crippen LogP contribution >= 0.6 is 0 Å². The maximum Gasteiger partial charge on any atom is 0.261 e. The summed E-state index contributed by atoms with van der Waals surface area (Å²) in [7, 11) is 0. The Hall–Kier alpha value is -2.29. The highest BCUT2D eigenvalue weighted by molar-refractivity contribution is 5.81. The third-order valence-electron chi connectivity index (χ3n) is 4.17. The van der Waals surface area contributed by atoms with E-state index in [1.165, 1.54) is 11.1 Å². The summed E-state index contributed by atoms with van der Waals surface area (Å²) in [6, 6.07) is 16.1. The van der Waals surface area contributed by atoms with Gasteiger partial charge in [-0.1, -0.05) is 61.4 Å². The van der Waals surface area contributed by atoms with Crippen molar-refractivity contribution in [3.63, 3.8) is 0 Å². The summed E-state index contributed by atoms with van der Waals surface area (Å²) in [5.74, 6) is 0.663. The van der Waals surface area contributed by atoms with Crippen molar-refractivity contribution >= 4 is 5.91 Å². The van der Waals surface area contributed by atoms with Gasteiger partial charge in [-0.3, -0.25) is 4.79 Å². The van der Waals surface area contributed by atoms with Crippen LogP contribution in [0.5, 0.6) is 5.75 Å². The van der Waals surface area contributed by atoms with E-state index in [0.717, 1.165) is 17.7 Å². The van der Waals surface area contributed by atoms with Crippen LogP contribution in [0.3, 0.4) is 0 Å². The number of carbonyl (C=O) groups is 1. The average Bonchev–Trinajstić information content (AvgIpc) is 2.59. The Balaban J connectivity index is 2.04. The zero-order valence-corrected chi connectivity index (χ0v) is 15.0. The Kier molecular flexibility index (Phi) is 6.42. The number of hydrogen-bond donors (Lipinski definition) is 1. The van der Waals surface area contributed by atoms with Crippen LogP contribution in [0.2, 0.25) is 0 Å². The van der Waals surface area contributed by atoms with Crippen molar-refractivity contribution in [2.45, 2.75) is 52.7 Å². The normalized spacial score (nSPS) is 13.2. The van der Waals surface area contributed by atoms with Crippen LogP contribution in [0.25, 0.3) is 0 Å². The highest BCUT2D eigenvalue weighted by Gasteiger charge is 2.21. The number of ether oxygens (including phenoxy) is 1. The first kappa shape index (κ1) is 18.1. The lowest BCUT2D eigenvalue weighted by atomic mass is 10.0. The molecule has 128 valence electrons. The van der Waals surface area contributed by atoms with E-state index in [9.17, 15) is 4.79 Å². The molecule has 0 radical (unpaired) electrons. The van der Waals surface area contributed by atoms with Gasteiger partial charge in [-0.15, -0.1) is 0 Å². The molecule has 24 heavy (non-hydrogen) atoms. The molecule has 0 aromatic heterocycles.